The van der Waals surface area contributed by atoms with Gasteiger partial charge in [0.1, 0.15) is 5.82 Å². The molecule has 0 bridgehead atoms. The predicted molar refractivity (Wildman–Crippen MR) is 83.0 cm³/mol. The van der Waals surface area contributed by atoms with Crippen LogP contribution in [0.3, 0.4) is 0 Å². The van der Waals surface area contributed by atoms with Crippen LogP contribution >= 0.6 is 23.2 Å². The standard InChI is InChI=1S/C16H16Cl2FN/c1-10-6-13(19)4-3-12(10)9-14(20)7-11-2-5-15(17)16(18)8-11/h2-6,8,14H,7,9,20H2,1H3. The molecule has 0 aliphatic heterocycles. The summed E-state index contributed by atoms with van der Waals surface area (Å²) >= 11 is 11.9. The molecule has 1 atom stereocenters. The monoisotopic (exact) mass is 311 g/mol. The van der Waals surface area contributed by atoms with Crippen LogP contribution in [0.4, 0.5) is 4.39 Å². The minimum Gasteiger partial charge on any atom is -0.327 e. The van der Waals surface area contributed by atoms with Crippen molar-refractivity contribution in [3.63, 3.8) is 0 Å². The van der Waals surface area contributed by atoms with E-state index in [1.165, 1.54) is 12.1 Å². The molecular weight excluding hydrogens is 296 g/mol. The Hall–Kier alpha value is -1.09. The molecule has 1 unspecified atom stereocenters. The van der Waals surface area contributed by atoms with Crippen LogP contribution in [0.2, 0.25) is 10.0 Å². The molecule has 4 heteroatoms. The first-order valence-corrected chi connectivity index (χ1v) is 7.16. The summed E-state index contributed by atoms with van der Waals surface area (Å²) in [5, 5.41) is 1.08. The van der Waals surface area contributed by atoms with Crippen LogP contribution in [0, 0.1) is 12.7 Å². The Labute approximate surface area is 128 Å². The van der Waals surface area contributed by atoms with Crippen LogP contribution in [0.15, 0.2) is 36.4 Å². The minimum atomic E-state index is -0.218. The molecule has 0 saturated carbocycles. The fourth-order valence-electron chi connectivity index (χ4n) is 2.21. The molecule has 0 saturated heterocycles. The summed E-state index contributed by atoms with van der Waals surface area (Å²) in [6, 6.07) is 10.3. The molecule has 0 radical (unpaired) electrons. The lowest BCUT2D eigenvalue weighted by Gasteiger charge is -2.14. The van der Waals surface area contributed by atoms with E-state index in [0.717, 1.165) is 16.7 Å². The van der Waals surface area contributed by atoms with Gasteiger partial charge in [-0.3, -0.25) is 0 Å². The first-order valence-electron chi connectivity index (χ1n) is 6.40. The maximum atomic E-state index is 13.1. The summed E-state index contributed by atoms with van der Waals surface area (Å²) in [6.45, 7) is 1.89. The lowest BCUT2D eigenvalue weighted by atomic mass is 9.97. The molecule has 0 heterocycles. The maximum Gasteiger partial charge on any atom is 0.123 e. The Morgan fingerprint density at radius 3 is 2.45 bits per heavy atom. The Bertz CT molecular complexity index is 613. The second-order valence-corrected chi connectivity index (χ2v) is 5.80. The normalized spacial score (nSPS) is 12.4. The van der Waals surface area contributed by atoms with Gasteiger partial charge in [-0.1, -0.05) is 35.3 Å². The van der Waals surface area contributed by atoms with Gasteiger partial charge in [-0.25, -0.2) is 4.39 Å². The quantitative estimate of drug-likeness (QED) is 0.880. The number of halogens is 3. The van der Waals surface area contributed by atoms with Crippen LogP contribution in [-0.2, 0) is 12.8 Å². The van der Waals surface area contributed by atoms with Crippen molar-refractivity contribution in [3.8, 4) is 0 Å². The molecule has 20 heavy (non-hydrogen) atoms. The van der Waals surface area contributed by atoms with Crippen molar-refractivity contribution in [2.45, 2.75) is 25.8 Å². The summed E-state index contributed by atoms with van der Waals surface area (Å²) in [5.74, 6) is -0.218. The van der Waals surface area contributed by atoms with E-state index in [2.05, 4.69) is 0 Å². The van der Waals surface area contributed by atoms with Gasteiger partial charge in [-0.15, -0.1) is 0 Å². The number of nitrogens with two attached hydrogens (primary N) is 1. The third-order valence-corrected chi connectivity index (χ3v) is 4.01. The van der Waals surface area contributed by atoms with Gasteiger partial charge in [-0.05, 0) is 60.7 Å². The lowest BCUT2D eigenvalue weighted by Crippen LogP contribution is -2.25. The Kier molecular flexibility index (Phi) is 5.03. The van der Waals surface area contributed by atoms with Crippen molar-refractivity contribution in [1.82, 2.24) is 0 Å². The zero-order valence-corrected chi connectivity index (χ0v) is 12.7. The molecule has 1 nitrogen and oxygen atoms in total. The highest BCUT2D eigenvalue weighted by atomic mass is 35.5. The molecule has 0 aliphatic rings. The van der Waals surface area contributed by atoms with Gasteiger partial charge in [-0.2, -0.15) is 0 Å². The van der Waals surface area contributed by atoms with E-state index < -0.39 is 0 Å². The summed E-state index contributed by atoms with van der Waals surface area (Å²) in [4.78, 5) is 0. The Morgan fingerprint density at radius 2 is 1.80 bits per heavy atom. The molecule has 0 aliphatic carbocycles. The Balaban J connectivity index is 2.04. The molecule has 2 N–H and O–H groups in total. The molecule has 2 rings (SSSR count). The number of rotatable bonds is 4. The van der Waals surface area contributed by atoms with Gasteiger partial charge in [0, 0.05) is 6.04 Å². The van der Waals surface area contributed by atoms with Gasteiger partial charge in [0.05, 0.1) is 10.0 Å². The highest BCUT2D eigenvalue weighted by Gasteiger charge is 2.09. The predicted octanol–water partition coefficient (Wildman–Crippen LogP) is 4.55. The molecular formula is C16H16Cl2FN. The van der Waals surface area contributed by atoms with Crippen LogP contribution in [0.25, 0.3) is 0 Å². The van der Waals surface area contributed by atoms with Crippen molar-refractivity contribution in [2.24, 2.45) is 5.73 Å². The van der Waals surface area contributed by atoms with E-state index in [4.69, 9.17) is 28.9 Å². The highest BCUT2D eigenvalue weighted by molar-refractivity contribution is 6.42. The summed E-state index contributed by atoms with van der Waals surface area (Å²) in [7, 11) is 0. The molecule has 106 valence electrons. The number of benzene rings is 2. The SMILES string of the molecule is Cc1cc(F)ccc1CC(N)Cc1ccc(Cl)c(Cl)c1. The van der Waals surface area contributed by atoms with E-state index >= 15 is 0 Å². The zero-order valence-electron chi connectivity index (χ0n) is 11.2. The largest absolute Gasteiger partial charge is 0.327 e. The average molecular weight is 312 g/mol. The van der Waals surface area contributed by atoms with E-state index in [0.29, 0.717) is 22.9 Å². The van der Waals surface area contributed by atoms with Gasteiger partial charge < -0.3 is 5.73 Å². The van der Waals surface area contributed by atoms with Gasteiger partial charge >= 0.3 is 0 Å². The zero-order chi connectivity index (χ0) is 14.7. The molecule has 0 fully saturated rings. The molecule has 0 spiro atoms. The van der Waals surface area contributed by atoms with Crippen LogP contribution in [0.1, 0.15) is 16.7 Å². The van der Waals surface area contributed by atoms with Crippen LogP contribution < -0.4 is 5.73 Å². The van der Waals surface area contributed by atoms with Crippen molar-refractivity contribution in [3.05, 3.63) is 69.0 Å². The first kappa shape index (κ1) is 15.3. The smallest absolute Gasteiger partial charge is 0.123 e. The van der Waals surface area contributed by atoms with Crippen molar-refractivity contribution < 1.29 is 4.39 Å². The third kappa shape index (κ3) is 3.95. The lowest BCUT2D eigenvalue weighted by molar-refractivity contribution is 0.621. The van der Waals surface area contributed by atoms with E-state index in [-0.39, 0.29) is 11.9 Å². The summed E-state index contributed by atoms with van der Waals surface area (Å²) < 4.78 is 13.1. The topological polar surface area (TPSA) is 26.0 Å². The van der Waals surface area contributed by atoms with Gasteiger partial charge in [0.2, 0.25) is 0 Å². The van der Waals surface area contributed by atoms with Crippen molar-refractivity contribution in [1.29, 1.82) is 0 Å². The molecule has 2 aromatic carbocycles. The second-order valence-electron chi connectivity index (χ2n) is 4.99. The van der Waals surface area contributed by atoms with Crippen LogP contribution in [-0.4, -0.2) is 6.04 Å². The molecule has 2 aromatic rings. The number of aryl methyl sites for hydroxylation is 1. The van der Waals surface area contributed by atoms with Crippen LogP contribution in [0.5, 0.6) is 0 Å². The average Bonchev–Trinajstić information content (AvgIpc) is 2.37. The first-order chi connectivity index (χ1) is 9.45. The van der Waals surface area contributed by atoms with Gasteiger partial charge in [0.25, 0.3) is 0 Å². The molecule has 0 amide bonds. The van der Waals surface area contributed by atoms with E-state index in [1.807, 2.05) is 19.1 Å². The van der Waals surface area contributed by atoms with E-state index in [1.54, 1.807) is 12.1 Å². The number of hydrogen-bond acceptors (Lipinski definition) is 1. The van der Waals surface area contributed by atoms with E-state index in [9.17, 15) is 4.39 Å². The van der Waals surface area contributed by atoms with Crippen molar-refractivity contribution in [2.75, 3.05) is 0 Å². The third-order valence-electron chi connectivity index (χ3n) is 3.27. The maximum absolute atomic E-state index is 13.1. The highest BCUT2D eigenvalue weighted by Crippen LogP contribution is 2.23. The summed E-state index contributed by atoms with van der Waals surface area (Å²) in [5.41, 5.74) is 9.20. The fraction of sp³-hybridized carbons (Fsp3) is 0.250. The van der Waals surface area contributed by atoms with Gasteiger partial charge in [0.15, 0.2) is 0 Å². The minimum absolute atomic E-state index is 0.0450. The summed E-state index contributed by atoms with van der Waals surface area (Å²) in [6.07, 6.45) is 1.40. The Morgan fingerprint density at radius 1 is 1.05 bits per heavy atom. The van der Waals surface area contributed by atoms with Crippen molar-refractivity contribution >= 4 is 23.2 Å². The molecule has 0 aromatic heterocycles. The fourth-order valence-corrected chi connectivity index (χ4v) is 2.53. The number of hydrogen-bond donors (Lipinski definition) is 1. The second kappa shape index (κ2) is 6.57.